The van der Waals surface area contributed by atoms with Gasteiger partial charge in [0.25, 0.3) is 0 Å². The molecule has 1 aliphatic heterocycles. The van der Waals surface area contributed by atoms with Crippen molar-refractivity contribution >= 4 is 17.2 Å². The lowest BCUT2D eigenvalue weighted by Crippen LogP contribution is -2.41. The van der Waals surface area contributed by atoms with Gasteiger partial charge in [-0.2, -0.15) is 5.26 Å². The molecule has 1 heterocycles. The van der Waals surface area contributed by atoms with Crippen molar-refractivity contribution in [2.75, 3.05) is 31.1 Å². The van der Waals surface area contributed by atoms with E-state index in [9.17, 15) is 4.79 Å². The topological polar surface area (TPSA) is 56.6 Å². The second-order valence-electron chi connectivity index (χ2n) is 9.34. The first-order valence-electron chi connectivity index (χ1n) is 12.9. The lowest BCUT2D eigenvalue weighted by molar-refractivity contribution is -0.131. The summed E-state index contributed by atoms with van der Waals surface area (Å²) in [6.45, 7) is 5.28. The third-order valence-electron chi connectivity index (χ3n) is 6.70. The Hall–Kier alpha value is -3.78. The lowest BCUT2D eigenvalue weighted by Gasteiger charge is -2.33. The van der Waals surface area contributed by atoms with E-state index in [-0.39, 0.29) is 18.4 Å². The van der Waals surface area contributed by atoms with Crippen LogP contribution in [0.15, 0.2) is 84.5 Å². The summed E-state index contributed by atoms with van der Waals surface area (Å²) in [5, 5.41) is 8.80. The van der Waals surface area contributed by atoms with E-state index in [2.05, 4.69) is 78.6 Å². The number of para-hydroxylation sites is 2. The highest BCUT2D eigenvalue weighted by molar-refractivity contribution is 5.78. The Balaban J connectivity index is 1.46. The van der Waals surface area contributed by atoms with Gasteiger partial charge in [-0.15, -0.1) is 0 Å². The Morgan fingerprint density at radius 3 is 2.58 bits per heavy atom. The standard InChI is InChI=1S/C31H35N3O2/c1-2-21-34(24-25-9-8-12-27(16-15-25)26-10-4-3-5-11-26)29-13-6-7-14-30(29)36-28-18-22-33(23-19-28)31(35)17-20-32/h3-8,10-16,28H,2,9,17-19,21-24H2,1H3. The summed E-state index contributed by atoms with van der Waals surface area (Å²) in [5.74, 6) is 0.818. The minimum absolute atomic E-state index is 0.0482. The summed E-state index contributed by atoms with van der Waals surface area (Å²) in [7, 11) is 0. The van der Waals surface area contributed by atoms with Crippen molar-refractivity contribution in [2.45, 2.75) is 45.1 Å². The van der Waals surface area contributed by atoms with Crippen LogP contribution in [0.1, 0.15) is 44.6 Å². The number of carbonyl (C=O) groups is 1. The average molecular weight is 482 g/mol. The molecule has 5 heteroatoms. The molecule has 2 aliphatic rings. The summed E-state index contributed by atoms with van der Waals surface area (Å²) in [5.41, 5.74) is 4.94. The van der Waals surface area contributed by atoms with Crippen LogP contribution in [0.25, 0.3) is 5.57 Å². The van der Waals surface area contributed by atoms with Crippen LogP contribution >= 0.6 is 0 Å². The quantitative estimate of drug-likeness (QED) is 0.431. The van der Waals surface area contributed by atoms with Gasteiger partial charge in [0, 0.05) is 39.0 Å². The van der Waals surface area contributed by atoms with Crippen molar-refractivity contribution in [3.8, 4) is 11.8 Å². The van der Waals surface area contributed by atoms with Crippen LogP contribution in [-0.4, -0.2) is 43.1 Å². The summed E-state index contributed by atoms with van der Waals surface area (Å²) in [6.07, 6.45) is 12.5. The molecule has 0 unspecified atom stereocenters. The molecule has 1 amide bonds. The Morgan fingerprint density at radius 2 is 1.83 bits per heavy atom. The summed E-state index contributed by atoms with van der Waals surface area (Å²) in [4.78, 5) is 16.2. The molecule has 1 fully saturated rings. The van der Waals surface area contributed by atoms with Gasteiger partial charge < -0.3 is 14.5 Å². The highest BCUT2D eigenvalue weighted by Crippen LogP contribution is 2.32. The van der Waals surface area contributed by atoms with Gasteiger partial charge in [0.2, 0.25) is 5.91 Å². The molecule has 0 spiro atoms. The van der Waals surface area contributed by atoms with Crippen molar-refractivity contribution in [2.24, 2.45) is 0 Å². The summed E-state index contributed by atoms with van der Waals surface area (Å²) < 4.78 is 6.50. The minimum atomic E-state index is -0.0827. The van der Waals surface area contributed by atoms with E-state index in [1.54, 1.807) is 4.90 Å². The molecule has 186 valence electrons. The smallest absolute Gasteiger partial charge is 0.236 e. The first-order chi connectivity index (χ1) is 17.7. The molecule has 4 rings (SSSR count). The molecular weight excluding hydrogens is 446 g/mol. The third-order valence-corrected chi connectivity index (χ3v) is 6.70. The van der Waals surface area contributed by atoms with E-state index in [1.807, 2.05) is 18.2 Å². The lowest BCUT2D eigenvalue weighted by atomic mass is 10.1. The van der Waals surface area contributed by atoms with Crippen LogP contribution in [-0.2, 0) is 4.79 Å². The highest BCUT2D eigenvalue weighted by atomic mass is 16.5. The fourth-order valence-electron chi connectivity index (χ4n) is 4.81. The molecule has 5 nitrogen and oxygen atoms in total. The molecule has 0 atom stereocenters. The number of likely N-dealkylation sites (tertiary alicyclic amines) is 1. The number of hydrogen-bond acceptors (Lipinski definition) is 4. The van der Waals surface area contributed by atoms with Gasteiger partial charge in [-0.3, -0.25) is 4.79 Å². The van der Waals surface area contributed by atoms with Crippen molar-refractivity contribution < 1.29 is 9.53 Å². The maximum absolute atomic E-state index is 12.0. The molecule has 2 aromatic carbocycles. The Morgan fingerprint density at radius 1 is 1.08 bits per heavy atom. The van der Waals surface area contributed by atoms with Gasteiger partial charge in [-0.25, -0.2) is 0 Å². The minimum Gasteiger partial charge on any atom is -0.488 e. The zero-order chi connectivity index (χ0) is 25.2. The first kappa shape index (κ1) is 25.3. The monoisotopic (exact) mass is 481 g/mol. The molecule has 1 saturated heterocycles. The number of benzene rings is 2. The number of amides is 1. The number of nitrogens with zero attached hydrogens (tertiary/aromatic N) is 3. The van der Waals surface area contributed by atoms with E-state index in [0.29, 0.717) is 13.1 Å². The number of nitriles is 1. The molecule has 0 aromatic heterocycles. The molecule has 0 bridgehead atoms. The number of ether oxygens (including phenoxy) is 1. The largest absolute Gasteiger partial charge is 0.488 e. The van der Waals surface area contributed by atoms with Crippen LogP contribution in [0, 0.1) is 11.3 Å². The van der Waals surface area contributed by atoms with E-state index < -0.39 is 0 Å². The molecule has 0 radical (unpaired) electrons. The zero-order valence-corrected chi connectivity index (χ0v) is 21.1. The molecule has 36 heavy (non-hydrogen) atoms. The Bertz CT molecular complexity index is 1150. The zero-order valence-electron chi connectivity index (χ0n) is 21.1. The number of hydrogen-bond donors (Lipinski definition) is 0. The van der Waals surface area contributed by atoms with Crippen LogP contribution in [0.5, 0.6) is 5.75 Å². The van der Waals surface area contributed by atoms with Gasteiger partial charge in [0.05, 0.1) is 11.8 Å². The van der Waals surface area contributed by atoms with Crippen molar-refractivity contribution in [1.82, 2.24) is 4.90 Å². The van der Waals surface area contributed by atoms with Gasteiger partial charge in [-0.05, 0) is 41.7 Å². The molecule has 1 aliphatic carbocycles. The number of rotatable bonds is 9. The Labute approximate surface area is 215 Å². The predicted molar refractivity (Wildman–Crippen MR) is 146 cm³/mol. The third kappa shape index (κ3) is 6.66. The number of carbonyl (C=O) groups excluding carboxylic acids is 1. The van der Waals surface area contributed by atoms with E-state index >= 15 is 0 Å². The van der Waals surface area contributed by atoms with Crippen molar-refractivity contribution in [3.63, 3.8) is 0 Å². The van der Waals surface area contributed by atoms with Crippen molar-refractivity contribution in [1.29, 1.82) is 5.26 Å². The van der Waals surface area contributed by atoms with E-state index in [0.717, 1.165) is 50.2 Å². The maximum atomic E-state index is 12.0. The molecule has 2 aromatic rings. The SMILES string of the molecule is CCCN(CC1=CC=C(c2ccccc2)C=CC1)c1ccccc1OC1CCN(C(=O)CC#N)CC1. The molecule has 0 N–H and O–H groups in total. The summed E-state index contributed by atoms with van der Waals surface area (Å²) >= 11 is 0. The van der Waals surface area contributed by atoms with Crippen LogP contribution in [0.4, 0.5) is 5.69 Å². The van der Waals surface area contributed by atoms with Crippen LogP contribution < -0.4 is 9.64 Å². The first-order valence-corrected chi connectivity index (χ1v) is 12.9. The maximum Gasteiger partial charge on any atom is 0.236 e. The second-order valence-corrected chi connectivity index (χ2v) is 9.34. The van der Waals surface area contributed by atoms with Crippen molar-refractivity contribution in [3.05, 3.63) is 90.0 Å². The number of allylic oxidation sites excluding steroid dienone is 5. The number of anilines is 1. The highest BCUT2D eigenvalue weighted by Gasteiger charge is 2.25. The fourth-order valence-corrected chi connectivity index (χ4v) is 4.81. The number of piperidine rings is 1. The van der Waals surface area contributed by atoms with Gasteiger partial charge in [0.15, 0.2) is 0 Å². The molecular formula is C31H35N3O2. The van der Waals surface area contributed by atoms with Gasteiger partial charge in [0.1, 0.15) is 18.3 Å². The van der Waals surface area contributed by atoms with Crippen LogP contribution in [0.2, 0.25) is 0 Å². The van der Waals surface area contributed by atoms with Gasteiger partial charge in [-0.1, -0.05) is 73.7 Å². The normalized spacial score (nSPS) is 15.9. The van der Waals surface area contributed by atoms with Crippen LogP contribution in [0.3, 0.4) is 0 Å². The van der Waals surface area contributed by atoms with Gasteiger partial charge >= 0.3 is 0 Å². The fraction of sp³-hybridized carbons (Fsp3) is 0.355. The van der Waals surface area contributed by atoms with E-state index in [1.165, 1.54) is 16.7 Å². The molecule has 0 saturated carbocycles. The van der Waals surface area contributed by atoms with E-state index in [4.69, 9.17) is 10.00 Å². The second kappa shape index (κ2) is 12.8. The average Bonchev–Trinajstić information content (AvgIpc) is 3.15. The summed E-state index contributed by atoms with van der Waals surface area (Å²) in [6, 6.07) is 20.8. The predicted octanol–water partition coefficient (Wildman–Crippen LogP) is 6.16. The Kier molecular flexibility index (Phi) is 8.99.